The molecule has 0 heterocycles. The Kier molecular flexibility index (Phi) is 6.81. The summed E-state index contributed by atoms with van der Waals surface area (Å²) >= 11 is 0. The molecule has 0 saturated carbocycles. The molecule has 2 N–H and O–H groups in total. The molecule has 16 heavy (non-hydrogen) atoms. The third-order valence-corrected chi connectivity index (χ3v) is 2.46. The maximum atomic E-state index is 9.00. The van der Waals surface area contributed by atoms with Gasteiger partial charge in [0.25, 0.3) is 0 Å². The van der Waals surface area contributed by atoms with Crippen LogP contribution in [0.25, 0.3) is 0 Å². The topological polar surface area (TPSA) is 41.5 Å². The van der Waals surface area contributed by atoms with Gasteiger partial charge in [-0.05, 0) is 30.5 Å². The fourth-order valence-electron chi connectivity index (χ4n) is 1.57. The standard InChI is InChI=1S/C13H21NO2/c1-16-8-3-2-7-14-10-12-5-4-6-13(9-12)11-15/h4-6,9,14-15H,2-3,7-8,10-11H2,1H3. The van der Waals surface area contributed by atoms with E-state index in [1.165, 1.54) is 5.56 Å². The molecule has 3 heteroatoms. The third kappa shape index (κ3) is 5.26. The molecule has 0 atom stereocenters. The summed E-state index contributed by atoms with van der Waals surface area (Å²) in [4.78, 5) is 0. The van der Waals surface area contributed by atoms with Crippen molar-refractivity contribution in [3.8, 4) is 0 Å². The fraction of sp³-hybridized carbons (Fsp3) is 0.538. The van der Waals surface area contributed by atoms with Gasteiger partial charge in [-0.1, -0.05) is 24.3 Å². The highest BCUT2D eigenvalue weighted by molar-refractivity contribution is 5.22. The Labute approximate surface area is 97.4 Å². The number of rotatable bonds is 8. The molecule has 0 amide bonds. The number of benzene rings is 1. The molecule has 1 aromatic rings. The quantitative estimate of drug-likeness (QED) is 0.659. The molecule has 0 spiro atoms. The van der Waals surface area contributed by atoms with E-state index in [1.54, 1.807) is 7.11 Å². The molecule has 0 radical (unpaired) electrons. The first kappa shape index (κ1) is 13.2. The Morgan fingerprint density at radius 1 is 1.25 bits per heavy atom. The molecule has 0 fully saturated rings. The minimum absolute atomic E-state index is 0.113. The second-order valence-electron chi connectivity index (χ2n) is 3.85. The van der Waals surface area contributed by atoms with E-state index in [1.807, 2.05) is 18.2 Å². The van der Waals surface area contributed by atoms with Crippen LogP contribution in [0.4, 0.5) is 0 Å². The van der Waals surface area contributed by atoms with Crippen LogP contribution in [0, 0.1) is 0 Å². The van der Waals surface area contributed by atoms with Crippen molar-refractivity contribution < 1.29 is 9.84 Å². The molecule has 0 unspecified atom stereocenters. The monoisotopic (exact) mass is 223 g/mol. The van der Waals surface area contributed by atoms with Crippen LogP contribution in [-0.4, -0.2) is 25.4 Å². The first-order chi connectivity index (χ1) is 7.86. The molecule has 0 saturated heterocycles. The Balaban J connectivity index is 2.16. The lowest BCUT2D eigenvalue weighted by molar-refractivity contribution is 0.192. The maximum absolute atomic E-state index is 9.00. The van der Waals surface area contributed by atoms with E-state index in [9.17, 15) is 0 Å². The molecular formula is C13H21NO2. The third-order valence-electron chi connectivity index (χ3n) is 2.46. The van der Waals surface area contributed by atoms with Crippen LogP contribution in [0.2, 0.25) is 0 Å². The predicted molar refractivity (Wildman–Crippen MR) is 65.2 cm³/mol. The highest BCUT2D eigenvalue weighted by atomic mass is 16.5. The van der Waals surface area contributed by atoms with Gasteiger partial charge < -0.3 is 15.2 Å². The summed E-state index contributed by atoms with van der Waals surface area (Å²) in [6.45, 7) is 2.82. The summed E-state index contributed by atoms with van der Waals surface area (Å²) in [5, 5.41) is 12.4. The number of methoxy groups -OCH3 is 1. The van der Waals surface area contributed by atoms with E-state index in [4.69, 9.17) is 9.84 Å². The zero-order chi connectivity index (χ0) is 11.6. The predicted octanol–water partition coefficient (Wildman–Crippen LogP) is 1.70. The normalized spacial score (nSPS) is 10.6. The highest BCUT2D eigenvalue weighted by Gasteiger charge is 1.95. The maximum Gasteiger partial charge on any atom is 0.0681 e. The number of hydrogen-bond donors (Lipinski definition) is 2. The Bertz CT molecular complexity index is 289. The highest BCUT2D eigenvalue weighted by Crippen LogP contribution is 2.04. The summed E-state index contributed by atoms with van der Waals surface area (Å²) < 4.78 is 4.98. The molecular weight excluding hydrogens is 202 g/mol. The summed E-state index contributed by atoms with van der Waals surface area (Å²) in [6, 6.07) is 8.01. The number of aliphatic hydroxyl groups excluding tert-OH is 1. The SMILES string of the molecule is COCCCCNCc1cccc(CO)c1. The van der Waals surface area contributed by atoms with Crippen molar-refractivity contribution >= 4 is 0 Å². The zero-order valence-corrected chi connectivity index (χ0v) is 9.91. The summed E-state index contributed by atoms with van der Waals surface area (Å²) in [5.41, 5.74) is 2.19. The minimum Gasteiger partial charge on any atom is -0.392 e. The fourth-order valence-corrected chi connectivity index (χ4v) is 1.57. The molecule has 3 nitrogen and oxygen atoms in total. The van der Waals surface area contributed by atoms with E-state index >= 15 is 0 Å². The molecule has 0 aliphatic rings. The molecule has 0 aliphatic heterocycles. The van der Waals surface area contributed by atoms with Gasteiger partial charge in [-0.3, -0.25) is 0 Å². The van der Waals surface area contributed by atoms with Crippen molar-refractivity contribution in [3.05, 3.63) is 35.4 Å². The van der Waals surface area contributed by atoms with Gasteiger partial charge in [-0.2, -0.15) is 0 Å². The van der Waals surface area contributed by atoms with Crippen LogP contribution in [-0.2, 0) is 17.9 Å². The van der Waals surface area contributed by atoms with Gasteiger partial charge in [0.2, 0.25) is 0 Å². The van der Waals surface area contributed by atoms with Crippen molar-refractivity contribution in [2.45, 2.75) is 26.0 Å². The number of nitrogens with one attached hydrogen (secondary N) is 1. The van der Waals surface area contributed by atoms with Gasteiger partial charge in [0, 0.05) is 20.3 Å². The van der Waals surface area contributed by atoms with E-state index in [0.29, 0.717) is 0 Å². The summed E-state index contributed by atoms with van der Waals surface area (Å²) in [6.07, 6.45) is 2.23. The van der Waals surface area contributed by atoms with Crippen LogP contribution in [0.3, 0.4) is 0 Å². The molecule has 0 aliphatic carbocycles. The van der Waals surface area contributed by atoms with Gasteiger partial charge in [0.05, 0.1) is 6.61 Å². The first-order valence-corrected chi connectivity index (χ1v) is 5.75. The lowest BCUT2D eigenvalue weighted by Crippen LogP contribution is -2.15. The van der Waals surface area contributed by atoms with Crippen molar-refractivity contribution in [1.82, 2.24) is 5.32 Å². The smallest absolute Gasteiger partial charge is 0.0681 e. The lowest BCUT2D eigenvalue weighted by Gasteiger charge is -2.06. The van der Waals surface area contributed by atoms with Crippen LogP contribution < -0.4 is 5.32 Å². The lowest BCUT2D eigenvalue weighted by atomic mass is 10.1. The molecule has 0 aromatic heterocycles. The number of hydrogen-bond acceptors (Lipinski definition) is 3. The Morgan fingerprint density at radius 3 is 2.81 bits per heavy atom. The summed E-state index contributed by atoms with van der Waals surface area (Å²) in [5.74, 6) is 0. The van der Waals surface area contributed by atoms with E-state index in [0.717, 1.165) is 38.1 Å². The first-order valence-electron chi connectivity index (χ1n) is 5.75. The van der Waals surface area contributed by atoms with Crippen molar-refractivity contribution in [1.29, 1.82) is 0 Å². The number of unbranched alkanes of at least 4 members (excludes halogenated alkanes) is 1. The van der Waals surface area contributed by atoms with Gasteiger partial charge in [-0.15, -0.1) is 0 Å². The van der Waals surface area contributed by atoms with E-state index in [-0.39, 0.29) is 6.61 Å². The van der Waals surface area contributed by atoms with Gasteiger partial charge >= 0.3 is 0 Å². The van der Waals surface area contributed by atoms with Gasteiger partial charge in [-0.25, -0.2) is 0 Å². The molecule has 1 aromatic carbocycles. The molecule has 90 valence electrons. The second kappa shape index (κ2) is 8.28. The van der Waals surface area contributed by atoms with Gasteiger partial charge in [0.1, 0.15) is 0 Å². The number of aliphatic hydroxyl groups is 1. The van der Waals surface area contributed by atoms with Crippen LogP contribution >= 0.6 is 0 Å². The largest absolute Gasteiger partial charge is 0.392 e. The summed E-state index contributed by atoms with van der Waals surface area (Å²) in [7, 11) is 1.73. The molecule has 0 bridgehead atoms. The Morgan fingerprint density at radius 2 is 2.06 bits per heavy atom. The van der Waals surface area contributed by atoms with Crippen LogP contribution in [0.15, 0.2) is 24.3 Å². The Hall–Kier alpha value is -0.900. The average molecular weight is 223 g/mol. The van der Waals surface area contributed by atoms with Crippen LogP contribution in [0.5, 0.6) is 0 Å². The minimum atomic E-state index is 0.113. The second-order valence-corrected chi connectivity index (χ2v) is 3.85. The van der Waals surface area contributed by atoms with E-state index < -0.39 is 0 Å². The average Bonchev–Trinajstić information content (AvgIpc) is 2.34. The van der Waals surface area contributed by atoms with Crippen molar-refractivity contribution in [3.63, 3.8) is 0 Å². The molecule has 1 rings (SSSR count). The van der Waals surface area contributed by atoms with Crippen molar-refractivity contribution in [2.24, 2.45) is 0 Å². The van der Waals surface area contributed by atoms with E-state index in [2.05, 4.69) is 11.4 Å². The van der Waals surface area contributed by atoms with Gasteiger partial charge in [0.15, 0.2) is 0 Å². The van der Waals surface area contributed by atoms with Crippen LogP contribution in [0.1, 0.15) is 24.0 Å². The zero-order valence-electron chi connectivity index (χ0n) is 9.91. The number of ether oxygens (including phenoxy) is 1. The van der Waals surface area contributed by atoms with Crippen molar-refractivity contribution in [2.75, 3.05) is 20.3 Å².